The highest BCUT2D eigenvalue weighted by molar-refractivity contribution is 5.58. The number of nitrogens with one attached hydrogen (secondary N) is 1. The molecule has 0 atom stereocenters. The third-order valence-corrected chi connectivity index (χ3v) is 3.77. The average Bonchev–Trinajstić information content (AvgIpc) is 2.45. The number of nitriles is 1. The summed E-state index contributed by atoms with van der Waals surface area (Å²) in [6, 6.07) is 4.45. The molecule has 1 saturated heterocycles. The minimum absolute atomic E-state index is 0.381. The number of hydrogen-bond donors (Lipinski definition) is 1. The monoisotopic (exact) mass is 258 g/mol. The van der Waals surface area contributed by atoms with Gasteiger partial charge in [-0.15, -0.1) is 0 Å². The van der Waals surface area contributed by atoms with E-state index in [1.807, 2.05) is 6.20 Å². The molecule has 2 rings (SSSR count). The molecule has 0 aromatic carbocycles. The van der Waals surface area contributed by atoms with Gasteiger partial charge in [-0.05, 0) is 51.8 Å². The van der Waals surface area contributed by atoms with E-state index < -0.39 is 0 Å². The molecule has 0 aliphatic carbocycles. The Morgan fingerprint density at radius 2 is 2.21 bits per heavy atom. The third-order valence-electron chi connectivity index (χ3n) is 3.77. The van der Waals surface area contributed by atoms with Crippen LogP contribution in [0.25, 0.3) is 0 Å². The van der Waals surface area contributed by atoms with E-state index in [1.165, 1.54) is 12.8 Å². The van der Waals surface area contributed by atoms with Gasteiger partial charge < -0.3 is 10.2 Å². The van der Waals surface area contributed by atoms with Crippen molar-refractivity contribution >= 4 is 5.69 Å². The lowest BCUT2D eigenvalue weighted by molar-refractivity contribution is 0.367. The maximum Gasteiger partial charge on any atom is 0.101 e. The van der Waals surface area contributed by atoms with Crippen LogP contribution in [0.1, 0.15) is 32.3 Å². The Balaban J connectivity index is 2.17. The summed E-state index contributed by atoms with van der Waals surface area (Å²) in [5.74, 6) is 0.704. The molecular weight excluding hydrogens is 236 g/mol. The van der Waals surface area contributed by atoms with Crippen LogP contribution in [0.2, 0.25) is 0 Å². The van der Waals surface area contributed by atoms with Gasteiger partial charge in [-0.1, -0.05) is 0 Å². The van der Waals surface area contributed by atoms with Gasteiger partial charge >= 0.3 is 0 Å². The lowest BCUT2D eigenvalue weighted by Crippen LogP contribution is -2.40. The highest BCUT2D eigenvalue weighted by Crippen LogP contribution is 2.24. The van der Waals surface area contributed by atoms with Crippen molar-refractivity contribution in [2.24, 2.45) is 5.92 Å². The van der Waals surface area contributed by atoms with Crippen molar-refractivity contribution in [3.8, 4) is 6.07 Å². The lowest BCUT2D eigenvalue weighted by atomic mass is 9.96. The number of hydrogen-bond acceptors (Lipinski definition) is 4. The van der Waals surface area contributed by atoms with Crippen molar-refractivity contribution in [2.45, 2.75) is 32.7 Å². The summed E-state index contributed by atoms with van der Waals surface area (Å²) in [4.78, 5) is 6.51. The number of anilines is 1. The van der Waals surface area contributed by atoms with Gasteiger partial charge in [-0.2, -0.15) is 5.26 Å². The maximum absolute atomic E-state index is 9.24. The first-order valence-electron chi connectivity index (χ1n) is 7.04. The molecule has 1 fully saturated rings. The fraction of sp³-hybridized carbons (Fsp3) is 0.600. The van der Waals surface area contributed by atoms with E-state index in [0.717, 1.165) is 30.9 Å². The summed E-state index contributed by atoms with van der Waals surface area (Å²) in [7, 11) is 0. The number of rotatable bonds is 4. The Morgan fingerprint density at radius 1 is 1.47 bits per heavy atom. The SMILES string of the molecule is CC(C)N(CC1CCNCC1)c1cnccc1C#N. The summed E-state index contributed by atoms with van der Waals surface area (Å²) < 4.78 is 0. The van der Waals surface area contributed by atoms with E-state index in [-0.39, 0.29) is 0 Å². The molecule has 0 spiro atoms. The second-order valence-electron chi connectivity index (χ2n) is 5.44. The number of nitrogens with zero attached hydrogens (tertiary/aromatic N) is 3. The smallest absolute Gasteiger partial charge is 0.101 e. The molecule has 1 aromatic heterocycles. The predicted molar refractivity (Wildman–Crippen MR) is 77.0 cm³/mol. The Hall–Kier alpha value is -1.60. The molecule has 19 heavy (non-hydrogen) atoms. The molecule has 0 unspecified atom stereocenters. The fourth-order valence-electron chi connectivity index (χ4n) is 2.64. The first kappa shape index (κ1) is 13.8. The molecule has 0 bridgehead atoms. The van der Waals surface area contributed by atoms with Gasteiger partial charge in [0.2, 0.25) is 0 Å². The topological polar surface area (TPSA) is 52.0 Å². The van der Waals surface area contributed by atoms with Gasteiger partial charge in [-0.3, -0.25) is 4.98 Å². The predicted octanol–water partition coefficient (Wildman–Crippen LogP) is 2.17. The van der Waals surface area contributed by atoms with E-state index in [4.69, 9.17) is 0 Å². The van der Waals surface area contributed by atoms with E-state index in [1.54, 1.807) is 12.3 Å². The van der Waals surface area contributed by atoms with Gasteiger partial charge in [0.1, 0.15) is 6.07 Å². The summed E-state index contributed by atoms with van der Waals surface area (Å²) in [6.45, 7) is 7.58. The molecule has 4 nitrogen and oxygen atoms in total. The minimum atomic E-state index is 0.381. The fourth-order valence-corrected chi connectivity index (χ4v) is 2.64. The Labute approximate surface area is 115 Å². The summed E-state index contributed by atoms with van der Waals surface area (Å²) in [5, 5.41) is 12.6. The van der Waals surface area contributed by atoms with E-state index in [9.17, 15) is 5.26 Å². The standard InChI is InChI=1S/C15H22N4/c1-12(2)19(11-13-3-6-17-7-4-13)15-10-18-8-5-14(15)9-16/h5,8,10,12-13,17H,3-4,6-7,11H2,1-2H3. The molecule has 4 heteroatoms. The summed E-state index contributed by atoms with van der Waals surface area (Å²) in [5.41, 5.74) is 1.69. The van der Waals surface area contributed by atoms with Crippen molar-refractivity contribution < 1.29 is 0 Å². The van der Waals surface area contributed by atoms with Crippen molar-refractivity contribution in [1.29, 1.82) is 5.26 Å². The number of pyridine rings is 1. The van der Waals surface area contributed by atoms with Gasteiger partial charge in [0, 0.05) is 18.8 Å². The van der Waals surface area contributed by atoms with Crippen LogP contribution in [0, 0.1) is 17.2 Å². The van der Waals surface area contributed by atoms with Crippen molar-refractivity contribution in [2.75, 3.05) is 24.5 Å². The number of piperidine rings is 1. The van der Waals surface area contributed by atoms with Crippen molar-refractivity contribution in [3.05, 3.63) is 24.0 Å². The van der Waals surface area contributed by atoms with Crippen LogP contribution >= 0.6 is 0 Å². The second-order valence-corrected chi connectivity index (χ2v) is 5.44. The van der Waals surface area contributed by atoms with Gasteiger partial charge in [0.05, 0.1) is 17.4 Å². The van der Waals surface area contributed by atoms with Gasteiger partial charge in [0.15, 0.2) is 0 Å². The van der Waals surface area contributed by atoms with Gasteiger partial charge in [0.25, 0.3) is 0 Å². The van der Waals surface area contributed by atoms with E-state index in [0.29, 0.717) is 12.0 Å². The van der Waals surface area contributed by atoms with E-state index in [2.05, 4.69) is 35.1 Å². The summed E-state index contributed by atoms with van der Waals surface area (Å²) >= 11 is 0. The molecule has 1 N–H and O–H groups in total. The normalized spacial score (nSPS) is 16.3. The molecule has 0 saturated carbocycles. The van der Waals surface area contributed by atoms with Crippen molar-refractivity contribution in [1.82, 2.24) is 10.3 Å². The minimum Gasteiger partial charge on any atom is -0.367 e. The zero-order chi connectivity index (χ0) is 13.7. The molecule has 0 radical (unpaired) electrons. The van der Waals surface area contributed by atoms with Crippen LogP contribution in [0.3, 0.4) is 0 Å². The zero-order valence-corrected chi connectivity index (χ0v) is 11.8. The molecule has 2 heterocycles. The largest absolute Gasteiger partial charge is 0.367 e. The van der Waals surface area contributed by atoms with Crippen LogP contribution in [0.15, 0.2) is 18.5 Å². The number of aromatic nitrogens is 1. The Kier molecular flexibility index (Phi) is 4.75. The molecule has 1 aromatic rings. The average molecular weight is 258 g/mol. The van der Waals surface area contributed by atoms with Crippen molar-refractivity contribution in [3.63, 3.8) is 0 Å². The van der Waals surface area contributed by atoms with Crippen LogP contribution in [0.5, 0.6) is 0 Å². The van der Waals surface area contributed by atoms with E-state index >= 15 is 0 Å². The quantitative estimate of drug-likeness (QED) is 0.899. The third kappa shape index (κ3) is 3.45. The first-order chi connectivity index (χ1) is 9.22. The van der Waals surface area contributed by atoms with Crippen LogP contribution in [0.4, 0.5) is 5.69 Å². The molecule has 1 aliphatic heterocycles. The Morgan fingerprint density at radius 3 is 2.84 bits per heavy atom. The molecule has 0 amide bonds. The second kappa shape index (κ2) is 6.53. The molecular formula is C15H22N4. The lowest BCUT2D eigenvalue weighted by Gasteiger charge is -2.34. The highest BCUT2D eigenvalue weighted by Gasteiger charge is 2.21. The van der Waals surface area contributed by atoms with Crippen LogP contribution in [-0.2, 0) is 0 Å². The van der Waals surface area contributed by atoms with Crippen LogP contribution < -0.4 is 10.2 Å². The molecule has 1 aliphatic rings. The van der Waals surface area contributed by atoms with Gasteiger partial charge in [-0.25, -0.2) is 0 Å². The first-order valence-corrected chi connectivity index (χ1v) is 7.04. The van der Waals surface area contributed by atoms with Crippen LogP contribution in [-0.4, -0.2) is 30.7 Å². The Bertz CT molecular complexity index is 444. The zero-order valence-electron chi connectivity index (χ0n) is 11.8. The molecule has 102 valence electrons. The summed E-state index contributed by atoms with van der Waals surface area (Å²) in [6.07, 6.45) is 5.93. The maximum atomic E-state index is 9.24. The highest BCUT2D eigenvalue weighted by atomic mass is 15.2.